The third kappa shape index (κ3) is 4.28. The van der Waals surface area contributed by atoms with Crippen molar-refractivity contribution in [2.45, 2.75) is 37.5 Å². The summed E-state index contributed by atoms with van der Waals surface area (Å²) in [6, 6.07) is 3.09. The summed E-state index contributed by atoms with van der Waals surface area (Å²) in [5, 5.41) is 12.1. The number of piperidine rings is 1. The standard InChI is InChI=1S/C15H19F3N2O4/c16-15(17,18)14(23)5-8-20(9-6-14)12(21)4-1-7-19-13(22)11-3-2-10-24-11/h2-3,10,23H,1,4-9H2,(H,19,22). The summed E-state index contributed by atoms with van der Waals surface area (Å²) in [6.45, 7) is -0.00715. The Hall–Kier alpha value is -2.03. The Morgan fingerprint density at radius 3 is 2.54 bits per heavy atom. The quantitative estimate of drug-likeness (QED) is 0.794. The molecule has 0 aromatic carbocycles. The summed E-state index contributed by atoms with van der Waals surface area (Å²) in [7, 11) is 0. The van der Waals surface area contributed by atoms with Crippen molar-refractivity contribution >= 4 is 11.8 Å². The summed E-state index contributed by atoms with van der Waals surface area (Å²) in [6.07, 6.45) is -3.86. The molecule has 2 amide bonds. The predicted molar refractivity (Wildman–Crippen MR) is 77.1 cm³/mol. The third-order valence-electron chi connectivity index (χ3n) is 4.07. The van der Waals surface area contributed by atoms with Gasteiger partial charge in [-0.2, -0.15) is 13.2 Å². The van der Waals surface area contributed by atoms with Crippen molar-refractivity contribution in [1.29, 1.82) is 0 Å². The molecule has 1 fully saturated rings. The highest BCUT2D eigenvalue weighted by molar-refractivity contribution is 5.91. The van der Waals surface area contributed by atoms with E-state index in [1.54, 1.807) is 6.07 Å². The van der Waals surface area contributed by atoms with Gasteiger partial charge in [-0.15, -0.1) is 0 Å². The van der Waals surface area contributed by atoms with Gasteiger partial charge >= 0.3 is 6.18 Å². The first-order valence-electron chi connectivity index (χ1n) is 7.61. The Labute approximate surface area is 136 Å². The number of likely N-dealkylation sites (tertiary alicyclic amines) is 1. The number of halogens is 3. The molecule has 0 spiro atoms. The molecule has 1 aliphatic rings. The normalized spacial score (nSPS) is 17.6. The summed E-state index contributed by atoms with van der Waals surface area (Å²) >= 11 is 0. The molecule has 2 rings (SSSR count). The van der Waals surface area contributed by atoms with E-state index >= 15 is 0 Å². The van der Waals surface area contributed by atoms with Crippen LogP contribution < -0.4 is 5.32 Å². The van der Waals surface area contributed by atoms with E-state index in [-0.39, 0.29) is 43.6 Å². The molecule has 6 nitrogen and oxygen atoms in total. The maximum absolute atomic E-state index is 12.7. The predicted octanol–water partition coefficient (Wildman–Crippen LogP) is 1.71. The molecule has 0 unspecified atom stereocenters. The Bertz CT molecular complexity index is 564. The second-order valence-electron chi connectivity index (χ2n) is 5.75. The van der Waals surface area contributed by atoms with Crippen molar-refractivity contribution in [1.82, 2.24) is 10.2 Å². The highest BCUT2D eigenvalue weighted by Gasteiger charge is 2.54. The van der Waals surface area contributed by atoms with Gasteiger partial charge in [-0.1, -0.05) is 0 Å². The minimum atomic E-state index is -4.68. The number of amides is 2. The minimum absolute atomic E-state index is 0.114. The molecule has 0 saturated carbocycles. The summed E-state index contributed by atoms with van der Waals surface area (Å²) in [5.74, 6) is -0.504. The molecule has 9 heteroatoms. The zero-order chi connectivity index (χ0) is 17.8. The molecule has 1 aromatic rings. The second kappa shape index (κ2) is 7.25. The van der Waals surface area contributed by atoms with Crippen molar-refractivity contribution in [3.8, 4) is 0 Å². The van der Waals surface area contributed by atoms with Crippen molar-refractivity contribution in [2.24, 2.45) is 0 Å². The summed E-state index contributed by atoms with van der Waals surface area (Å²) in [5.41, 5.74) is -2.71. The van der Waals surface area contributed by atoms with Crippen LogP contribution >= 0.6 is 0 Å². The monoisotopic (exact) mass is 348 g/mol. The van der Waals surface area contributed by atoms with Crippen LogP contribution in [0.5, 0.6) is 0 Å². The molecule has 1 saturated heterocycles. The van der Waals surface area contributed by atoms with Crippen LogP contribution in [0.25, 0.3) is 0 Å². The first kappa shape index (κ1) is 18.3. The van der Waals surface area contributed by atoms with Gasteiger partial charge in [0.05, 0.1) is 6.26 Å². The van der Waals surface area contributed by atoms with Crippen LogP contribution in [0, 0.1) is 0 Å². The fraction of sp³-hybridized carbons (Fsp3) is 0.600. The molecular weight excluding hydrogens is 329 g/mol. The van der Waals surface area contributed by atoms with Crippen molar-refractivity contribution < 1.29 is 32.3 Å². The van der Waals surface area contributed by atoms with E-state index in [2.05, 4.69) is 5.32 Å². The zero-order valence-electron chi connectivity index (χ0n) is 12.9. The fourth-order valence-corrected chi connectivity index (χ4v) is 2.50. The number of hydrogen-bond donors (Lipinski definition) is 2. The number of aliphatic hydroxyl groups is 1. The van der Waals surface area contributed by atoms with Crippen molar-refractivity contribution in [3.63, 3.8) is 0 Å². The average Bonchev–Trinajstić information content (AvgIpc) is 3.05. The highest BCUT2D eigenvalue weighted by atomic mass is 19.4. The smallest absolute Gasteiger partial charge is 0.417 e. The Kier molecular flexibility index (Phi) is 5.53. The van der Waals surface area contributed by atoms with E-state index in [1.165, 1.54) is 17.2 Å². The molecule has 0 atom stereocenters. The number of alkyl halides is 3. The summed E-state index contributed by atoms with van der Waals surface area (Å²) < 4.78 is 43.0. The van der Waals surface area contributed by atoms with Crippen LogP contribution in [0.1, 0.15) is 36.2 Å². The Morgan fingerprint density at radius 1 is 1.33 bits per heavy atom. The van der Waals surface area contributed by atoms with E-state index in [4.69, 9.17) is 4.42 Å². The van der Waals surface area contributed by atoms with Gasteiger partial charge in [0.25, 0.3) is 5.91 Å². The average molecular weight is 348 g/mol. The van der Waals surface area contributed by atoms with Crippen LogP contribution in [-0.2, 0) is 4.79 Å². The number of rotatable bonds is 5. The van der Waals surface area contributed by atoms with Crippen LogP contribution in [0.4, 0.5) is 13.2 Å². The van der Waals surface area contributed by atoms with Gasteiger partial charge < -0.3 is 19.7 Å². The van der Waals surface area contributed by atoms with E-state index in [0.717, 1.165) is 0 Å². The lowest BCUT2D eigenvalue weighted by Gasteiger charge is -2.39. The van der Waals surface area contributed by atoms with Crippen LogP contribution in [0.2, 0.25) is 0 Å². The number of carbonyl (C=O) groups excluding carboxylic acids is 2. The molecule has 1 aliphatic heterocycles. The number of nitrogens with one attached hydrogen (secondary N) is 1. The van der Waals surface area contributed by atoms with Crippen molar-refractivity contribution in [3.05, 3.63) is 24.2 Å². The van der Waals surface area contributed by atoms with Crippen molar-refractivity contribution in [2.75, 3.05) is 19.6 Å². The van der Waals surface area contributed by atoms with Crippen LogP contribution in [-0.4, -0.2) is 53.2 Å². The molecule has 2 heterocycles. The third-order valence-corrected chi connectivity index (χ3v) is 4.07. The van der Waals surface area contributed by atoms with Gasteiger partial charge in [-0.25, -0.2) is 0 Å². The molecule has 2 N–H and O–H groups in total. The van der Waals surface area contributed by atoms with Gasteiger partial charge in [0, 0.05) is 38.9 Å². The molecule has 0 radical (unpaired) electrons. The highest BCUT2D eigenvalue weighted by Crippen LogP contribution is 2.38. The van der Waals surface area contributed by atoms with Gasteiger partial charge in [0.1, 0.15) is 0 Å². The summed E-state index contributed by atoms with van der Waals surface area (Å²) in [4.78, 5) is 24.9. The maximum Gasteiger partial charge on any atom is 0.417 e. The minimum Gasteiger partial charge on any atom is -0.459 e. The first-order valence-corrected chi connectivity index (χ1v) is 7.61. The Morgan fingerprint density at radius 2 is 2.00 bits per heavy atom. The molecule has 24 heavy (non-hydrogen) atoms. The molecule has 134 valence electrons. The lowest BCUT2D eigenvalue weighted by molar-refractivity contribution is -0.272. The number of nitrogens with zero attached hydrogens (tertiary/aromatic N) is 1. The number of carbonyl (C=O) groups is 2. The van der Waals surface area contributed by atoms with E-state index < -0.39 is 24.6 Å². The van der Waals surface area contributed by atoms with Crippen LogP contribution in [0.3, 0.4) is 0 Å². The largest absolute Gasteiger partial charge is 0.459 e. The van der Waals surface area contributed by atoms with Gasteiger partial charge in [0.15, 0.2) is 11.4 Å². The van der Waals surface area contributed by atoms with E-state index in [9.17, 15) is 27.9 Å². The van der Waals surface area contributed by atoms with E-state index in [0.29, 0.717) is 6.42 Å². The topological polar surface area (TPSA) is 82.8 Å². The number of hydrogen-bond acceptors (Lipinski definition) is 4. The van der Waals surface area contributed by atoms with Gasteiger partial charge in [0.2, 0.25) is 5.91 Å². The SMILES string of the molecule is O=C(NCCCC(=O)N1CCC(O)(C(F)(F)F)CC1)c1ccco1. The lowest BCUT2D eigenvalue weighted by atomic mass is 9.90. The first-order chi connectivity index (χ1) is 11.2. The maximum atomic E-state index is 12.7. The Balaban J connectivity index is 1.68. The molecular formula is C15H19F3N2O4. The molecule has 0 aliphatic carbocycles. The molecule has 0 bridgehead atoms. The van der Waals surface area contributed by atoms with Gasteiger partial charge in [-0.05, 0) is 18.6 Å². The lowest BCUT2D eigenvalue weighted by Crippen LogP contribution is -2.54. The fourth-order valence-electron chi connectivity index (χ4n) is 2.50. The zero-order valence-corrected chi connectivity index (χ0v) is 12.9. The van der Waals surface area contributed by atoms with Gasteiger partial charge in [-0.3, -0.25) is 9.59 Å². The van der Waals surface area contributed by atoms with Crippen LogP contribution in [0.15, 0.2) is 22.8 Å². The second-order valence-corrected chi connectivity index (χ2v) is 5.75. The number of furan rings is 1. The van der Waals surface area contributed by atoms with E-state index in [1.807, 2.05) is 0 Å². The molecule has 1 aromatic heterocycles.